The van der Waals surface area contributed by atoms with Crippen LogP contribution >= 0.6 is 11.6 Å². The van der Waals surface area contributed by atoms with E-state index in [-0.39, 0.29) is 9.79 Å². The van der Waals surface area contributed by atoms with Crippen molar-refractivity contribution >= 4 is 38.0 Å². The van der Waals surface area contributed by atoms with Crippen LogP contribution in [-0.4, -0.2) is 39.7 Å². The minimum Gasteiger partial charge on any atom is -0.378 e. The molecule has 4 rings (SSSR count). The van der Waals surface area contributed by atoms with Gasteiger partial charge in [0, 0.05) is 29.7 Å². The number of halogens is 1. The molecule has 5 nitrogen and oxygen atoms in total. The fourth-order valence-corrected chi connectivity index (χ4v) is 5.45. The summed E-state index contributed by atoms with van der Waals surface area (Å²) >= 11 is 6.23. The predicted octanol–water partition coefficient (Wildman–Crippen LogP) is 4.17. The first-order valence-electron chi connectivity index (χ1n) is 9.10. The summed E-state index contributed by atoms with van der Waals surface area (Å²) < 4.78 is 32.7. The molecule has 2 heterocycles. The van der Waals surface area contributed by atoms with Crippen molar-refractivity contribution in [3.05, 3.63) is 58.7 Å². The molecule has 1 saturated heterocycles. The topological polar surface area (TPSA) is 59.5 Å². The number of fused-ring (bicyclic) bond motifs is 1. The summed E-state index contributed by atoms with van der Waals surface area (Å²) in [5, 5.41) is 1.28. The van der Waals surface area contributed by atoms with Gasteiger partial charge in [0.15, 0.2) is 0 Å². The zero-order valence-corrected chi connectivity index (χ0v) is 17.3. The third kappa shape index (κ3) is 3.48. The van der Waals surface area contributed by atoms with Gasteiger partial charge >= 0.3 is 0 Å². The van der Waals surface area contributed by atoms with Gasteiger partial charge in [-0.25, -0.2) is 8.42 Å². The lowest BCUT2D eigenvalue weighted by molar-refractivity contribution is 0.122. The first-order chi connectivity index (χ1) is 13.4. The molecule has 2 aromatic carbocycles. The molecule has 0 bridgehead atoms. The second kappa shape index (κ2) is 7.35. The van der Waals surface area contributed by atoms with E-state index >= 15 is 0 Å². The van der Waals surface area contributed by atoms with Gasteiger partial charge in [-0.3, -0.25) is 4.98 Å². The molecule has 0 spiro atoms. The van der Waals surface area contributed by atoms with Gasteiger partial charge in [-0.1, -0.05) is 17.7 Å². The smallest absolute Gasteiger partial charge is 0.210 e. The fraction of sp³-hybridized carbons (Fsp3) is 0.286. The van der Waals surface area contributed by atoms with Gasteiger partial charge in [-0.2, -0.15) is 0 Å². The maximum absolute atomic E-state index is 13.6. The number of hydrogen-bond acceptors (Lipinski definition) is 5. The Morgan fingerprint density at radius 3 is 2.39 bits per heavy atom. The van der Waals surface area contributed by atoms with Gasteiger partial charge in [-0.05, 0) is 55.3 Å². The quantitative estimate of drug-likeness (QED) is 0.641. The number of aromatic nitrogens is 1. The number of rotatable bonds is 3. The van der Waals surface area contributed by atoms with Crippen molar-refractivity contribution in [3.8, 4) is 0 Å². The lowest BCUT2D eigenvalue weighted by atomic mass is 10.1. The van der Waals surface area contributed by atoms with Gasteiger partial charge in [0.25, 0.3) is 0 Å². The number of pyridine rings is 1. The highest BCUT2D eigenvalue weighted by molar-refractivity contribution is 7.91. The molecule has 3 aromatic rings. The molecule has 0 atom stereocenters. The summed E-state index contributed by atoms with van der Waals surface area (Å²) in [5.41, 5.74) is 3.17. The van der Waals surface area contributed by atoms with E-state index in [2.05, 4.69) is 9.88 Å². The molecular weight excluding hydrogens is 396 g/mol. The maximum atomic E-state index is 13.6. The molecule has 1 aromatic heterocycles. The van der Waals surface area contributed by atoms with E-state index in [4.69, 9.17) is 16.3 Å². The van der Waals surface area contributed by atoms with E-state index in [9.17, 15) is 8.42 Å². The van der Waals surface area contributed by atoms with Crippen molar-refractivity contribution in [2.24, 2.45) is 0 Å². The van der Waals surface area contributed by atoms with Gasteiger partial charge in [0.1, 0.15) is 4.90 Å². The van der Waals surface area contributed by atoms with E-state index in [0.29, 0.717) is 42.5 Å². The van der Waals surface area contributed by atoms with E-state index in [1.165, 1.54) is 6.20 Å². The van der Waals surface area contributed by atoms with Crippen LogP contribution in [0, 0.1) is 13.8 Å². The van der Waals surface area contributed by atoms with Gasteiger partial charge in [0.05, 0.1) is 29.3 Å². The van der Waals surface area contributed by atoms with Crippen LogP contribution in [0.1, 0.15) is 11.1 Å². The number of anilines is 1. The van der Waals surface area contributed by atoms with Gasteiger partial charge in [-0.15, -0.1) is 0 Å². The Balaban J connectivity index is 2.00. The van der Waals surface area contributed by atoms with E-state index in [0.717, 1.165) is 16.5 Å². The highest BCUT2D eigenvalue weighted by Gasteiger charge is 2.28. The number of sulfone groups is 1. The number of hydrogen-bond donors (Lipinski definition) is 0. The number of morpholine rings is 1. The first kappa shape index (κ1) is 19.2. The largest absolute Gasteiger partial charge is 0.378 e. The Hall–Kier alpha value is -2.15. The van der Waals surface area contributed by atoms with Crippen LogP contribution in [0.4, 0.5) is 5.69 Å². The highest BCUT2D eigenvalue weighted by Crippen LogP contribution is 2.37. The van der Waals surface area contributed by atoms with E-state index < -0.39 is 9.84 Å². The Bertz CT molecular complexity index is 1140. The van der Waals surface area contributed by atoms with Gasteiger partial charge < -0.3 is 9.64 Å². The number of benzene rings is 2. The minimum absolute atomic E-state index is 0.203. The van der Waals surface area contributed by atoms with Crippen LogP contribution in [0.2, 0.25) is 5.02 Å². The molecule has 1 aliphatic rings. The second-order valence-corrected chi connectivity index (χ2v) is 9.41. The summed E-state index contributed by atoms with van der Waals surface area (Å²) in [7, 11) is -3.76. The molecule has 0 aliphatic carbocycles. The predicted molar refractivity (Wildman–Crippen MR) is 111 cm³/mol. The number of nitrogens with zero attached hydrogens (tertiary/aromatic N) is 2. The van der Waals surface area contributed by atoms with Crippen LogP contribution < -0.4 is 4.90 Å². The van der Waals surface area contributed by atoms with Crippen LogP contribution in [0.5, 0.6) is 0 Å². The van der Waals surface area contributed by atoms with Crippen LogP contribution in [0.15, 0.2) is 52.4 Å². The SMILES string of the molecule is Cc1cc(C)cc(S(=O)(=O)c2cnc3ccc(Cl)cc3c2N2CCOCC2)c1. The lowest BCUT2D eigenvalue weighted by Crippen LogP contribution is -2.37. The average Bonchev–Trinajstić information content (AvgIpc) is 2.67. The zero-order valence-electron chi connectivity index (χ0n) is 15.8. The molecule has 0 amide bonds. The molecule has 0 radical (unpaired) electrons. The Kier molecular flexibility index (Phi) is 5.04. The van der Waals surface area contributed by atoms with E-state index in [1.807, 2.05) is 26.0 Å². The standard InChI is InChI=1S/C21H21ClN2O3S/c1-14-9-15(2)11-17(10-14)28(25,26)20-13-23-19-4-3-16(22)12-18(19)21(20)24-5-7-27-8-6-24/h3-4,9-13H,5-8H2,1-2H3. The number of ether oxygens (including phenoxy) is 1. The molecule has 7 heteroatoms. The van der Waals surface area contributed by atoms with Crippen molar-refractivity contribution in [1.82, 2.24) is 4.98 Å². The normalized spacial score (nSPS) is 15.2. The summed E-state index contributed by atoms with van der Waals surface area (Å²) in [6, 6.07) is 10.7. The van der Waals surface area contributed by atoms with Crippen molar-refractivity contribution in [1.29, 1.82) is 0 Å². The molecule has 1 fully saturated rings. The monoisotopic (exact) mass is 416 g/mol. The Morgan fingerprint density at radius 1 is 1.04 bits per heavy atom. The molecular formula is C21H21ClN2O3S. The number of aryl methyl sites for hydroxylation is 2. The summed E-state index contributed by atoms with van der Waals surface area (Å²) in [6.45, 7) is 6.11. The van der Waals surface area contributed by atoms with Crippen molar-refractivity contribution in [2.45, 2.75) is 23.6 Å². The molecule has 146 valence electrons. The molecule has 0 N–H and O–H groups in total. The van der Waals surface area contributed by atoms with Crippen molar-refractivity contribution in [2.75, 3.05) is 31.2 Å². The van der Waals surface area contributed by atoms with Crippen molar-refractivity contribution in [3.63, 3.8) is 0 Å². The lowest BCUT2D eigenvalue weighted by Gasteiger charge is -2.31. The first-order valence-corrected chi connectivity index (χ1v) is 11.0. The highest BCUT2D eigenvalue weighted by atomic mass is 35.5. The van der Waals surface area contributed by atoms with Crippen LogP contribution in [0.3, 0.4) is 0 Å². The zero-order chi connectivity index (χ0) is 19.9. The Labute approximate surface area is 169 Å². The molecule has 0 saturated carbocycles. The van der Waals surface area contributed by atoms with Crippen LogP contribution in [-0.2, 0) is 14.6 Å². The molecule has 28 heavy (non-hydrogen) atoms. The average molecular weight is 417 g/mol. The van der Waals surface area contributed by atoms with E-state index in [1.54, 1.807) is 24.3 Å². The third-order valence-electron chi connectivity index (χ3n) is 4.89. The fourth-order valence-electron chi connectivity index (χ4n) is 3.66. The van der Waals surface area contributed by atoms with Gasteiger partial charge in [0.2, 0.25) is 9.84 Å². The second-order valence-electron chi connectivity index (χ2n) is 7.06. The minimum atomic E-state index is -3.76. The third-order valence-corrected chi connectivity index (χ3v) is 6.86. The molecule has 0 unspecified atom stereocenters. The van der Waals surface area contributed by atoms with Crippen molar-refractivity contribution < 1.29 is 13.2 Å². The summed E-state index contributed by atoms with van der Waals surface area (Å²) in [5.74, 6) is 0. The molecule has 1 aliphatic heterocycles. The Morgan fingerprint density at radius 2 is 1.71 bits per heavy atom. The summed E-state index contributed by atoms with van der Waals surface area (Å²) in [6.07, 6.45) is 1.47. The summed E-state index contributed by atoms with van der Waals surface area (Å²) in [4.78, 5) is 6.96. The maximum Gasteiger partial charge on any atom is 0.210 e. The van der Waals surface area contributed by atoms with Crippen LogP contribution in [0.25, 0.3) is 10.9 Å².